The second-order valence-corrected chi connectivity index (χ2v) is 2.87. The van der Waals surface area contributed by atoms with Gasteiger partial charge in [0.1, 0.15) is 0 Å². The molecule has 0 bridgehead atoms. The second kappa shape index (κ2) is 3.80. The zero-order valence-electron chi connectivity index (χ0n) is 5.98. The standard InChI is InChI=1S/C9H8Cl2/c1-2-8-4-3-7(6-10)5-9(8)11/h2-5H,1,6H2. The third kappa shape index (κ3) is 1.98. The molecule has 0 saturated heterocycles. The van der Waals surface area contributed by atoms with Crippen LogP contribution < -0.4 is 0 Å². The van der Waals surface area contributed by atoms with Gasteiger partial charge in [0.05, 0.1) is 0 Å². The summed E-state index contributed by atoms with van der Waals surface area (Å²) < 4.78 is 0. The Morgan fingerprint density at radius 1 is 1.45 bits per heavy atom. The molecule has 0 spiro atoms. The van der Waals surface area contributed by atoms with Gasteiger partial charge >= 0.3 is 0 Å². The van der Waals surface area contributed by atoms with Crippen LogP contribution >= 0.6 is 23.2 Å². The highest BCUT2D eigenvalue weighted by molar-refractivity contribution is 6.32. The van der Waals surface area contributed by atoms with Gasteiger partial charge in [0.2, 0.25) is 0 Å². The number of hydrogen-bond donors (Lipinski definition) is 0. The van der Waals surface area contributed by atoms with E-state index in [0.29, 0.717) is 10.9 Å². The molecule has 0 amide bonds. The van der Waals surface area contributed by atoms with E-state index in [-0.39, 0.29) is 0 Å². The largest absolute Gasteiger partial charge is 0.122 e. The lowest BCUT2D eigenvalue weighted by molar-refractivity contribution is 1.40. The molecule has 1 aromatic carbocycles. The van der Waals surface area contributed by atoms with Crippen molar-refractivity contribution in [1.82, 2.24) is 0 Å². The van der Waals surface area contributed by atoms with E-state index in [1.807, 2.05) is 18.2 Å². The zero-order valence-corrected chi connectivity index (χ0v) is 7.49. The highest BCUT2D eigenvalue weighted by Crippen LogP contribution is 2.19. The van der Waals surface area contributed by atoms with Gasteiger partial charge < -0.3 is 0 Å². The predicted molar refractivity (Wildman–Crippen MR) is 51.1 cm³/mol. The van der Waals surface area contributed by atoms with Gasteiger partial charge in [-0.25, -0.2) is 0 Å². The van der Waals surface area contributed by atoms with E-state index in [9.17, 15) is 0 Å². The van der Waals surface area contributed by atoms with Crippen LogP contribution in [0.2, 0.25) is 5.02 Å². The molecular formula is C9H8Cl2. The van der Waals surface area contributed by atoms with Crippen LogP contribution in [0.5, 0.6) is 0 Å². The minimum atomic E-state index is 0.497. The molecule has 0 aliphatic rings. The molecule has 1 rings (SSSR count). The summed E-state index contributed by atoms with van der Waals surface area (Å²) in [5.74, 6) is 0.497. The molecule has 0 aromatic heterocycles. The summed E-state index contributed by atoms with van der Waals surface area (Å²) in [7, 11) is 0. The maximum atomic E-state index is 5.88. The van der Waals surface area contributed by atoms with Crippen molar-refractivity contribution in [3.05, 3.63) is 40.9 Å². The van der Waals surface area contributed by atoms with Gasteiger partial charge in [0, 0.05) is 10.9 Å². The maximum absolute atomic E-state index is 5.88. The second-order valence-electron chi connectivity index (χ2n) is 2.19. The fourth-order valence-electron chi connectivity index (χ4n) is 0.819. The van der Waals surface area contributed by atoms with Crippen LogP contribution in [-0.4, -0.2) is 0 Å². The first-order chi connectivity index (χ1) is 5.27. The van der Waals surface area contributed by atoms with Crippen LogP contribution in [0.4, 0.5) is 0 Å². The smallest absolute Gasteiger partial charge is 0.0481 e. The molecular weight excluding hydrogens is 179 g/mol. The first-order valence-corrected chi connectivity index (χ1v) is 4.16. The Morgan fingerprint density at radius 3 is 2.64 bits per heavy atom. The van der Waals surface area contributed by atoms with Crippen LogP contribution in [0.1, 0.15) is 11.1 Å². The van der Waals surface area contributed by atoms with Gasteiger partial charge in [-0.3, -0.25) is 0 Å². The summed E-state index contributed by atoms with van der Waals surface area (Å²) in [6.07, 6.45) is 1.72. The molecule has 0 aliphatic carbocycles. The summed E-state index contributed by atoms with van der Waals surface area (Å²) >= 11 is 11.5. The predicted octanol–water partition coefficient (Wildman–Crippen LogP) is 3.72. The molecule has 11 heavy (non-hydrogen) atoms. The van der Waals surface area contributed by atoms with Crippen LogP contribution in [0.15, 0.2) is 24.8 Å². The maximum Gasteiger partial charge on any atom is 0.0481 e. The Kier molecular flexibility index (Phi) is 2.98. The molecule has 1 aromatic rings. The minimum Gasteiger partial charge on any atom is -0.122 e. The van der Waals surface area contributed by atoms with E-state index >= 15 is 0 Å². The Morgan fingerprint density at radius 2 is 2.18 bits per heavy atom. The van der Waals surface area contributed by atoms with E-state index in [4.69, 9.17) is 23.2 Å². The topological polar surface area (TPSA) is 0 Å². The normalized spacial score (nSPS) is 9.64. The fraction of sp³-hybridized carbons (Fsp3) is 0.111. The van der Waals surface area contributed by atoms with E-state index in [1.165, 1.54) is 0 Å². The quantitative estimate of drug-likeness (QED) is 0.619. The third-order valence-corrected chi connectivity index (χ3v) is 2.08. The Balaban J connectivity index is 3.09. The highest BCUT2D eigenvalue weighted by Gasteiger charge is 1.96. The highest BCUT2D eigenvalue weighted by atomic mass is 35.5. The summed E-state index contributed by atoms with van der Waals surface area (Å²) in [5.41, 5.74) is 1.97. The molecule has 0 nitrogen and oxygen atoms in total. The number of alkyl halides is 1. The van der Waals surface area contributed by atoms with Crippen LogP contribution in [0.3, 0.4) is 0 Å². The number of halogens is 2. The van der Waals surface area contributed by atoms with Gasteiger partial charge in [-0.2, -0.15) is 0 Å². The van der Waals surface area contributed by atoms with Crippen LogP contribution in [0, 0.1) is 0 Å². The molecule has 0 radical (unpaired) electrons. The number of benzene rings is 1. The monoisotopic (exact) mass is 186 g/mol. The number of hydrogen-bond acceptors (Lipinski definition) is 0. The fourth-order valence-corrected chi connectivity index (χ4v) is 1.27. The summed E-state index contributed by atoms with van der Waals surface area (Å²) in [6.45, 7) is 3.63. The van der Waals surface area contributed by atoms with Crippen molar-refractivity contribution in [2.24, 2.45) is 0 Å². The molecule has 2 heteroatoms. The SMILES string of the molecule is C=Cc1ccc(CCl)cc1Cl. The summed E-state index contributed by atoms with van der Waals surface area (Å²) in [6, 6.07) is 5.70. The van der Waals surface area contributed by atoms with Crippen molar-refractivity contribution < 1.29 is 0 Å². The van der Waals surface area contributed by atoms with Crippen molar-refractivity contribution in [2.45, 2.75) is 5.88 Å². The Labute approximate surface area is 76.4 Å². The first kappa shape index (κ1) is 8.63. The molecule has 0 saturated carbocycles. The van der Waals surface area contributed by atoms with Crippen molar-refractivity contribution >= 4 is 29.3 Å². The lowest BCUT2D eigenvalue weighted by Crippen LogP contribution is -1.79. The Bertz CT molecular complexity index is 266. The lowest BCUT2D eigenvalue weighted by atomic mass is 10.1. The molecule has 0 heterocycles. The number of rotatable bonds is 2. The lowest BCUT2D eigenvalue weighted by Gasteiger charge is -1.99. The zero-order chi connectivity index (χ0) is 8.27. The van der Waals surface area contributed by atoms with Gasteiger partial charge in [0.25, 0.3) is 0 Å². The molecule has 0 unspecified atom stereocenters. The van der Waals surface area contributed by atoms with E-state index in [2.05, 4.69) is 6.58 Å². The van der Waals surface area contributed by atoms with Crippen molar-refractivity contribution in [3.8, 4) is 0 Å². The molecule has 0 fully saturated rings. The Hall–Kier alpha value is -0.460. The van der Waals surface area contributed by atoms with E-state index in [1.54, 1.807) is 6.08 Å². The van der Waals surface area contributed by atoms with Gasteiger partial charge in [-0.05, 0) is 17.2 Å². The molecule has 0 N–H and O–H groups in total. The molecule has 0 aliphatic heterocycles. The van der Waals surface area contributed by atoms with E-state index in [0.717, 1.165) is 11.1 Å². The average Bonchev–Trinajstić information content (AvgIpc) is 2.04. The third-order valence-electron chi connectivity index (χ3n) is 1.44. The molecule has 58 valence electrons. The van der Waals surface area contributed by atoms with Gasteiger partial charge in [0.15, 0.2) is 0 Å². The summed E-state index contributed by atoms with van der Waals surface area (Å²) in [4.78, 5) is 0. The van der Waals surface area contributed by atoms with Crippen LogP contribution in [0.25, 0.3) is 6.08 Å². The van der Waals surface area contributed by atoms with Crippen molar-refractivity contribution in [3.63, 3.8) is 0 Å². The summed E-state index contributed by atoms with van der Waals surface area (Å²) in [5, 5.41) is 0.707. The van der Waals surface area contributed by atoms with Crippen molar-refractivity contribution in [2.75, 3.05) is 0 Å². The minimum absolute atomic E-state index is 0.497. The first-order valence-electron chi connectivity index (χ1n) is 3.24. The average molecular weight is 187 g/mol. The van der Waals surface area contributed by atoms with Crippen LogP contribution in [-0.2, 0) is 5.88 Å². The molecule has 0 atom stereocenters. The van der Waals surface area contributed by atoms with Gasteiger partial charge in [-0.1, -0.05) is 36.4 Å². The van der Waals surface area contributed by atoms with Gasteiger partial charge in [-0.15, -0.1) is 11.6 Å². The van der Waals surface area contributed by atoms with E-state index < -0.39 is 0 Å². The van der Waals surface area contributed by atoms with Crippen molar-refractivity contribution in [1.29, 1.82) is 0 Å².